The number of hydrogen-bond acceptors (Lipinski definition) is 6. The van der Waals surface area contributed by atoms with E-state index >= 15 is 0 Å². The summed E-state index contributed by atoms with van der Waals surface area (Å²) in [6.07, 6.45) is 2.06. The number of likely N-dealkylation sites (N-methyl/N-ethyl adjacent to an activating group) is 1. The molecule has 1 aromatic rings. The van der Waals surface area contributed by atoms with Gasteiger partial charge in [0, 0.05) is 7.05 Å². The predicted molar refractivity (Wildman–Crippen MR) is 49.6 cm³/mol. The van der Waals surface area contributed by atoms with Crippen molar-refractivity contribution < 1.29 is 14.8 Å². The van der Waals surface area contributed by atoms with Crippen molar-refractivity contribution in [1.82, 2.24) is 9.97 Å². The zero-order valence-electron chi connectivity index (χ0n) is 7.82. The van der Waals surface area contributed by atoms with Gasteiger partial charge in [0.15, 0.2) is 0 Å². The minimum atomic E-state index is -1.03. The summed E-state index contributed by atoms with van der Waals surface area (Å²) in [5.74, 6) is -0.901. The van der Waals surface area contributed by atoms with E-state index in [1.54, 1.807) is 0 Å². The second kappa shape index (κ2) is 4.31. The largest absolute Gasteiger partial charge is 0.480 e. The van der Waals surface area contributed by atoms with Gasteiger partial charge in [0.25, 0.3) is 0 Å². The molecule has 0 aromatic carbocycles. The third-order valence-corrected chi connectivity index (χ3v) is 1.55. The molecule has 0 saturated heterocycles. The molecule has 0 bridgehead atoms. The third-order valence-electron chi connectivity index (χ3n) is 1.55. The first-order valence-electron chi connectivity index (χ1n) is 3.90. The SMILES string of the molecule is CN(CC(=O)O)c1ncc([N+](=O)[O-])cn1. The summed E-state index contributed by atoms with van der Waals surface area (Å²) in [5, 5.41) is 18.8. The van der Waals surface area contributed by atoms with Crippen LogP contribution in [0.2, 0.25) is 0 Å². The van der Waals surface area contributed by atoms with Gasteiger partial charge in [0.05, 0.1) is 4.92 Å². The van der Waals surface area contributed by atoms with Crippen molar-refractivity contribution in [3.8, 4) is 0 Å². The lowest BCUT2D eigenvalue weighted by Gasteiger charge is -2.12. The van der Waals surface area contributed by atoms with Crippen LogP contribution in [0.4, 0.5) is 11.6 Å². The Bertz CT molecular complexity index is 377. The van der Waals surface area contributed by atoms with Gasteiger partial charge in [-0.05, 0) is 0 Å². The van der Waals surface area contributed by atoms with E-state index in [-0.39, 0.29) is 18.2 Å². The van der Waals surface area contributed by atoms with Crippen molar-refractivity contribution in [2.24, 2.45) is 0 Å². The van der Waals surface area contributed by atoms with Gasteiger partial charge < -0.3 is 10.0 Å². The topological polar surface area (TPSA) is 109 Å². The minimum absolute atomic E-state index is 0.128. The number of rotatable bonds is 4. The van der Waals surface area contributed by atoms with E-state index in [1.165, 1.54) is 11.9 Å². The first kappa shape index (κ1) is 10.8. The number of carbonyl (C=O) groups is 1. The van der Waals surface area contributed by atoms with Crippen LogP contribution in [0.25, 0.3) is 0 Å². The van der Waals surface area contributed by atoms with Gasteiger partial charge in [-0.2, -0.15) is 0 Å². The molecule has 0 radical (unpaired) electrons. The number of carboxylic acids is 1. The molecule has 0 aliphatic carbocycles. The fraction of sp³-hybridized carbons (Fsp3) is 0.286. The molecule has 0 atom stereocenters. The van der Waals surface area contributed by atoms with E-state index in [9.17, 15) is 14.9 Å². The lowest BCUT2D eigenvalue weighted by atomic mass is 10.5. The Morgan fingerprint density at radius 1 is 1.60 bits per heavy atom. The second-order valence-electron chi connectivity index (χ2n) is 2.75. The molecule has 0 spiro atoms. The van der Waals surface area contributed by atoms with Crippen LogP contribution in [-0.2, 0) is 4.79 Å². The molecule has 0 unspecified atom stereocenters. The van der Waals surface area contributed by atoms with Crippen LogP contribution in [0.5, 0.6) is 0 Å². The highest BCUT2D eigenvalue weighted by molar-refractivity contribution is 5.72. The normalized spacial score (nSPS) is 9.67. The monoisotopic (exact) mass is 212 g/mol. The molecule has 80 valence electrons. The van der Waals surface area contributed by atoms with Crippen molar-refractivity contribution in [3.05, 3.63) is 22.5 Å². The Balaban J connectivity index is 2.79. The molecule has 1 N–H and O–H groups in total. The number of nitrogens with zero attached hydrogens (tertiary/aromatic N) is 4. The maximum atomic E-state index is 10.4. The highest BCUT2D eigenvalue weighted by Gasteiger charge is 2.11. The van der Waals surface area contributed by atoms with Gasteiger partial charge in [-0.15, -0.1) is 0 Å². The summed E-state index contributed by atoms with van der Waals surface area (Å²) in [7, 11) is 1.48. The van der Waals surface area contributed by atoms with E-state index in [2.05, 4.69) is 9.97 Å². The number of aromatic nitrogens is 2. The van der Waals surface area contributed by atoms with Crippen molar-refractivity contribution in [3.63, 3.8) is 0 Å². The molecule has 8 nitrogen and oxygen atoms in total. The summed E-state index contributed by atoms with van der Waals surface area (Å²) >= 11 is 0. The molecule has 15 heavy (non-hydrogen) atoms. The molecule has 0 fully saturated rings. The summed E-state index contributed by atoms with van der Waals surface area (Å²) in [4.78, 5) is 28.6. The Morgan fingerprint density at radius 3 is 2.53 bits per heavy atom. The molecule has 1 rings (SSSR count). The minimum Gasteiger partial charge on any atom is -0.480 e. The van der Waals surface area contributed by atoms with Crippen molar-refractivity contribution in [2.75, 3.05) is 18.5 Å². The number of anilines is 1. The second-order valence-corrected chi connectivity index (χ2v) is 2.75. The van der Waals surface area contributed by atoms with Crippen LogP contribution in [0.15, 0.2) is 12.4 Å². The van der Waals surface area contributed by atoms with Crippen molar-refractivity contribution in [1.29, 1.82) is 0 Å². The molecular formula is C7H8N4O4. The van der Waals surface area contributed by atoms with E-state index in [0.29, 0.717) is 0 Å². The average Bonchev–Trinajstić information content (AvgIpc) is 2.17. The number of nitro groups is 1. The van der Waals surface area contributed by atoms with E-state index in [4.69, 9.17) is 5.11 Å². The van der Waals surface area contributed by atoms with Gasteiger partial charge >= 0.3 is 11.7 Å². The van der Waals surface area contributed by atoms with Gasteiger partial charge in [0.1, 0.15) is 18.9 Å². The van der Waals surface area contributed by atoms with Gasteiger partial charge in [-0.3, -0.25) is 14.9 Å². The lowest BCUT2D eigenvalue weighted by molar-refractivity contribution is -0.385. The summed E-state index contributed by atoms with van der Waals surface area (Å²) < 4.78 is 0. The first-order valence-corrected chi connectivity index (χ1v) is 3.90. The molecule has 8 heteroatoms. The average molecular weight is 212 g/mol. The highest BCUT2D eigenvalue weighted by Crippen LogP contribution is 2.10. The fourth-order valence-corrected chi connectivity index (χ4v) is 0.879. The van der Waals surface area contributed by atoms with Crippen LogP contribution in [0.3, 0.4) is 0 Å². The number of carboxylic acid groups (broad SMARTS) is 1. The molecule has 1 heterocycles. The van der Waals surface area contributed by atoms with Crippen molar-refractivity contribution >= 4 is 17.6 Å². The molecule has 1 aromatic heterocycles. The van der Waals surface area contributed by atoms with Crippen LogP contribution in [-0.4, -0.2) is 39.6 Å². The summed E-state index contributed by atoms with van der Waals surface area (Å²) in [6, 6.07) is 0. The van der Waals surface area contributed by atoms with Gasteiger partial charge in [-0.25, -0.2) is 9.97 Å². The van der Waals surface area contributed by atoms with Gasteiger partial charge in [0.2, 0.25) is 5.95 Å². The number of hydrogen-bond donors (Lipinski definition) is 1. The van der Waals surface area contributed by atoms with E-state index in [0.717, 1.165) is 12.4 Å². The Hall–Kier alpha value is -2.25. The Morgan fingerprint density at radius 2 is 2.13 bits per heavy atom. The number of aliphatic carboxylic acids is 1. The molecule has 0 aliphatic rings. The van der Waals surface area contributed by atoms with Crippen LogP contribution >= 0.6 is 0 Å². The van der Waals surface area contributed by atoms with Crippen LogP contribution < -0.4 is 4.90 Å². The standard InChI is InChI=1S/C7H8N4O4/c1-10(4-6(12)13)7-8-2-5(3-9-7)11(14)15/h2-3H,4H2,1H3,(H,12,13). The highest BCUT2D eigenvalue weighted by atomic mass is 16.6. The van der Waals surface area contributed by atoms with E-state index < -0.39 is 10.9 Å². The quantitative estimate of drug-likeness (QED) is 0.548. The van der Waals surface area contributed by atoms with E-state index in [1.807, 2.05) is 0 Å². The van der Waals surface area contributed by atoms with Crippen LogP contribution in [0, 0.1) is 10.1 Å². The third kappa shape index (κ3) is 2.86. The maximum Gasteiger partial charge on any atom is 0.323 e. The maximum absolute atomic E-state index is 10.4. The molecule has 0 saturated carbocycles. The zero-order valence-corrected chi connectivity index (χ0v) is 7.82. The lowest BCUT2D eigenvalue weighted by Crippen LogP contribution is -2.26. The zero-order chi connectivity index (χ0) is 11.4. The van der Waals surface area contributed by atoms with Gasteiger partial charge in [-0.1, -0.05) is 0 Å². The molecular weight excluding hydrogens is 204 g/mol. The Kier molecular flexibility index (Phi) is 3.11. The van der Waals surface area contributed by atoms with Crippen LogP contribution in [0.1, 0.15) is 0 Å². The smallest absolute Gasteiger partial charge is 0.323 e. The van der Waals surface area contributed by atoms with Crippen molar-refractivity contribution in [2.45, 2.75) is 0 Å². The molecule has 0 aliphatic heterocycles. The first-order chi connectivity index (χ1) is 7.00. The molecule has 0 amide bonds. The summed E-state index contributed by atoms with van der Waals surface area (Å²) in [5.41, 5.74) is -0.234. The fourth-order valence-electron chi connectivity index (χ4n) is 0.879. The Labute approximate surface area is 84.3 Å². The predicted octanol–water partition coefficient (Wildman–Crippen LogP) is -0.0944. The summed E-state index contributed by atoms with van der Waals surface area (Å²) in [6.45, 7) is -0.266.